The maximum absolute atomic E-state index is 5.70. The first-order valence-corrected chi connectivity index (χ1v) is 6.75. The molecular weight excluding hydrogens is 210 g/mol. The Morgan fingerprint density at radius 1 is 1.35 bits per heavy atom. The molecule has 2 aliphatic rings. The lowest BCUT2D eigenvalue weighted by Crippen LogP contribution is -2.28. The van der Waals surface area contributed by atoms with Gasteiger partial charge in [-0.15, -0.1) is 0 Å². The molecular formula is C15H21NO. The van der Waals surface area contributed by atoms with Crippen molar-refractivity contribution in [3.63, 3.8) is 0 Å². The second-order valence-corrected chi connectivity index (χ2v) is 5.53. The topological polar surface area (TPSA) is 21.3 Å². The number of benzene rings is 1. The number of rotatable bonds is 5. The molecule has 0 aromatic heterocycles. The minimum atomic E-state index is 0.541. The first-order valence-electron chi connectivity index (χ1n) is 6.75. The van der Waals surface area contributed by atoms with E-state index in [1.807, 2.05) is 6.07 Å². The summed E-state index contributed by atoms with van der Waals surface area (Å²) in [5, 5.41) is 3.64. The van der Waals surface area contributed by atoms with E-state index in [-0.39, 0.29) is 0 Å². The van der Waals surface area contributed by atoms with Crippen LogP contribution in [0.2, 0.25) is 0 Å². The van der Waals surface area contributed by atoms with E-state index in [1.165, 1.54) is 31.4 Å². The van der Waals surface area contributed by atoms with Crippen LogP contribution in [-0.4, -0.2) is 19.7 Å². The Hall–Kier alpha value is -1.02. The molecule has 0 radical (unpaired) electrons. The van der Waals surface area contributed by atoms with Gasteiger partial charge in [0.1, 0.15) is 5.75 Å². The van der Waals surface area contributed by atoms with Gasteiger partial charge in [-0.2, -0.15) is 0 Å². The fourth-order valence-electron chi connectivity index (χ4n) is 2.74. The second kappa shape index (κ2) is 4.34. The van der Waals surface area contributed by atoms with Crippen LogP contribution in [0.1, 0.15) is 37.7 Å². The van der Waals surface area contributed by atoms with Gasteiger partial charge in [-0.1, -0.05) is 25.1 Å². The number of ether oxygens (including phenoxy) is 1. The quantitative estimate of drug-likeness (QED) is 0.841. The maximum Gasteiger partial charge on any atom is 0.122 e. The summed E-state index contributed by atoms with van der Waals surface area (Å²) in [6, 6.07) is 8.42. The van der Waals surface area contributed by atoms with E-state index >= 15 is 0 Å². The van der Waals surface area contributed by atoms with Gasteiger partial charge < -0.3 is 10.1 Å². The monoisotopic (exact) mass is 231 g/mol. The van der Waals surface area contributed by atoms with Crippen LogP contribution in [0.25, 0.3) is 0 Å². The molecule has 0 spiro atoms. The molecule has 1 aliphatic carbocycles. The molecule has 0 bridgehead atoms. The smallest absolute Gasteiger partial charge is 0.122 e. The molecule has 3 rings (SSSR count). The molecule has 1 aromatic carbocycles. The molecule has 1 aliphatic heterocycles. The summed E-state index contributed by atoms with van der Waals surface area (Å²) in [5.41, 5.74) is 2.01. The zero-order valence-electron chi connectivity index (χ0n) is 10.5. The number of nitrogens with one attached hydrogen (secondary N) is 1. The number of hydrogen-bond donors (Lipinski definition) is 1. The highest BCUT2D eigenvalue weighted by Gasteiger charge is 2.40. The van der Waals surface area contributed by atoms with Gasteiger partial charge in [-0.05, 0) is 30.7 Å². The predicted octanol–water partition coefficient (Wildman–Crippen LogP) is 2.94. The Bertz CT molecular complexity index is 398. The van der Waals surface area contributed by atoms with E-state index in [2.05, 4.69) is 30.4 Å². The van der Waals surface area contributed by atoms with Gasteiger partial charge in [0, 0.05) is 24.6 Å². The van der Waals surface area contributed by atoms with Gasteiger partial charge in [-0.3, -0.25) is 0 Å². The summed E-state index contributed by atoms with van der Waals surface area (Å²) in [7, 11) is 0. The Morgan fingerprint density at radius 2 is 2.18 bits per heavy atom. The third-order valence-electron chi connectivity index (χ3n) is 4.40. The van der Waals surface area contributed by atoms with Crippen LogP contribution in [0.5, 0.6) is 5.75 Å². The normalized spacial score (nSPS) is 24.2. The minimum absolute atomic E-state index is 0.541. The molecule has 1 unspecified atom stereocenters. The molecule has 2 heteroatoms. The lowest BCUT2D eigenvalue weighted by Gasteiger charge is -2.15. The van der Waals surface area contributed by atoms with Gasteiger partial charge in [0.2, 0.25) is 0 Å². The van der Waals surface area contributed by atoms with Crippen LogP contribution < -0.4 is 10.1 Å². The van der Waals surface area contributed by atoms with Crippen LogP contribution >= 0.6 is 0 Å². The van der Waals surface area contributed by atoms with Crippen molar-refractivity contribution in [2.75, 3.05) is 19.7 Å². The lowest BCUT2D eigenvalue weighted by atomic mass is 10.00. The lowest BCUT2D eigenvalue weighted by molar-refractivity contribution is 0.321. The highest BCUT2D eigenvalue weighted by Crippen LogP contribution is 2.48. The van der Waals surface area contributed by atoms with Crippen LogP contribution in [-0.2, 0) is 0 Å². The molecule has 1 heterocycles. The number of fused-ring (bicyclic) bond motifs is 1. The summed E-state index contributed by atoms with van der Waals surface area (Å²) >= 11 is 0. The molecule has 1 fully saturated rings. The maximum atomic E-state index is 5.70. The van der Waals surface area contributed by atoms with Gasteiger partial charge in [0.05, 0.1) is 6.61 Å². The summed E-state index contributed by atoms with van der Waals surface area (Å²) < 4.78 is 5.70. The standard InChI is InChI=1S/C15H21NO/c1-2-15(7-8-15)11-16-9-12-10-17-14-6-4-3-5-13(12)14/h3-6,12,16H,2,7-11H2,1H3. The average molecular weight is 231 g/mol. The van der Waals surface area contributed by atoms with Crippen molar-refractivity contribution in [3.8, 4) is 5.75 Å². The first-order chi connectivity index (χ1) is 8.33. The minimum Gasteiger partial charge on any atom is -0.493 e. The summed E-state index contributed by atoms with van der Waals surface area (Å²) in [6.07, 6.45) is 4.14. The van der Waals surface area contributed by atoms with Crippen molar-refractivity contribution in [2.45, 2.75) is 32.1 Å². The largest absolute Gasteiger partial charge is 0.493 e. The Kier molecular flexibility index (Phi) is 2.83. The van der Waals surface area contributed by atoms with Crippen molar-refractivity contribution >= 4 is 0 Å². The van der Waals surface area contributed by atoms with Crippen LogP contribution in [0, 0.1) is 5.41 Å². The second-order valence-electron chi connectivity index (χ2n) is 5.53. The predicted molar refractivity (Wildman–Crippen MR) is 69.5 cm³/mol. The Morgan fingerprint density at radius 3 is 2.94 bits per heavy atom. The number of para-hydroxylation sites is 1. The molecule has 1 N–H and O–H groups in total. The Labute approximate surface area is 103 Å². The highest BCUT2D eigenvalue weighted by molar-refractivity contribution is 5.39. The molecule has 17 heavy (non-hydrogen) atoms. The fourth-order valence-corrected chi connectivity index (χ4v) is 2.74. The van der Waals surface area contributed by atoms with E-state index < -0.39 is 0 Å². The number of hydrogen-bond acceptors (Lipinski definition) is 2. The molecule has 1 aromatic rings. The zero-order chi connectivity index (χ0) is 11.7. The van der Waals surface area contributed by atoms with Crippen LogP contribution in [0.4, 0.5) is 0 Å². The summed E-state index contributed by atoms with van der Waals surface area (Å²) in [4.78, 5) is 0. The molecule has 92 valence electrons. The van der Waals surface area contributed by atoms with E-state index in [0.717, 1.165) is 18.9 Å². The van der Waals surface area contributed by atoms with E-state index in [0.29, 0.717) is 11.3 Å². The molecule has 0 saturated heterocycles. The van der Waals surface area contributed by atoms with Crippen LogP contribution in [0.3, 0.4) is 0 Å². The SMILES string of the molecule is CCC1(CNCC2COc3ccccc32)CC1. The third-order valence-corrected chi connectivity index (χ3v) is 4.40. The fraction of sp³-hybridized carbons (Fsp3) is 0.600. The van der Waals surface area contributed by atoms with Crippen molar-refractivity contribution in [1.82, 2.24) is 5.32 Å². The van der Waals surface area contributed by atoms with Gasteiger partial charge in [0.15, 0.2) is 0 Å². The van der Waals surface area contributed by atoms with Gasteiger partial charge in [0.25, 0.3) is 0 Å². The summed E-state index contributed by atoms with van der Waals surface area (Å²) in [5.74, 6) is 1.62. The zero-order valence-corrected chi connectivity index (χ0v) is 10.5. The van der Waals surface area contributed by atoms with Crippen LogP contribution in [0.15, 0.2) is 24.3 Å². The average Bonchev–Trinajstić information content (AvgIpc) is 3.04. The van der Waals surface area contributed by atoms with Crippen molar-refractivity contribution in [1.29, 1.82) is 0 Å². The van der Waals surface area contributed by atoms with E-state index in [4.69, 9.17) is 4.74 Å². The highest BCUT2D eigenvalue weighted by atomic mass is 16.5. The first kappa shape index (κ1) is 11.1. The van der Waals surface area contributed by atoms with E-state index in [1.54, 1.807) is 0 Å². The van der Waals surface area contributed by atoms with Crippen molar-refractivity contribution in [2.24, 2.45) is 5.41 Å². The van der Waals surface area contributed by atoms with E-state index in [9.17, 15) is 0 Å². The Balaban J connectivity index is 1.54. The van der Waals surface area contributed by atoms with Crippen molar-refractivity contribution < 1.29 is 4.74 Å². The molecule has 2 nitrogen and oxygen atoms in total. The third kappa shape index (κ3) is 2.19. The summed E-state index contributed by atoms with van der Waals surface area (Å²) in [6.45, 7) is 5.38. The molecule has 0 amide bonds. The van der Waals surface area contributed by atoms with Gasteiger partial charge in [-0.25, -0.2) is 0 Å². The van der Waals surface area contributed by atoms with Crippen molar-refractivity contribution in [3.05, 3.63) is 29.8 Å². The molecule has 1 atom stereocenters. The van der Waals surface area contributed by atoms with Gasteiger partial charge >= 0.3 is 0 Å². The molecule has 1 saturated carbocycles.